The van der Waals surface area contributed by atoms with Crippen LogP contribution in [0, 0.1) is 6.92 Å². The van der Waals surface area contributed by atoms with E-state index in [4.69, 9.17) is 5.73 Å². The highest BCUT2D eigenvalue weighted by Gasteiger charge is 2.11. The summed E-state index contributed by atoms with van der Waals surface area (Å²) < 4.78 is 0. The van der Waals surface area contributed by atoms with Gasteiger partial charge in [-0.15, -0.1) is 0 Å². The predicted octanol–water partition coefficient (Wildman–Crippen LogP) is 2.77. The zero-order valence-corrected chi connectivity index (χ0v) is 11.5. The molecule has 0 saturated carbocycles. The largest absolute Gasteiger partial charge is 0.384 e. The van der Waals surface area contributed by atoms with E-state index in [0.29, 0.717) is 11.5 Å². The molecule has 0 spiro atoms. The lowest BCUT2D eigenvalue weighted by Crippen LogP contribution is -2.14. The number of aromatic nitrogens is 2. The number of pyridine rings is 2. The van der Waals surface area contributed by atoms with E-state index in [1.807, 2.05) is 37.3 Å². The third-order valence-electron chi connectivity index (χ3n) is 3.10. The number of hydrogen-bond acceptors (Lipinski definition) is 4. The first-order valence-corrected chi connectivity index (χ1v) is 6.54. The van der Waals surface area contributed by atoms with Crippen LogP contribution in [0.2, 0.25) is 0 Å². The van der Waals surface area contributed by atoms with Gasteiger partial charge >= 0.3 is 0 Å². The van der Waals surface area contributed by atoms with E-state index < -0.39 is 0 Å². The molecule has 5 nitrogen and oxygen atoms in total. The van der Waals surface area contributed by atoms with Gasteiger partial charge in [0.2, 0.25) is 0 Å². The van der Waals surface area contributed by atoms with Crippen molar-refractivity contribution in [1.29, 1.82) is 0 Å². The molecule has 5 heteroatoms. The molecule has 3 aromatic rings. The lowest BCUT2D eigenvalue weighted by atomic mass is 10.1. The number of carbonyl (C=O) groups excluding carboxylic acids is 1. The van der Waals surface area contributed by atoms with Crippen LogP contribution >= 0.6 is 0 Å². The third-order valence-corrected chi connectivity index (χ3v) is 3.10. The molecular weight excluding hydrogens is 264 g/mol. The maximum Gasteiger partial charge on any atom is 0.274 e. The summed E-state index contributed by atoms with van der Waals surface area (Å²) in [6.07, 6.45) is 0. The molecule has 21 heavy (non-hydrogen) atoms. The van der Waals surface area contributed by atoms with Crippen LogP contribution in [0.5, 0.6) is 0 Å². The lowest BCUT2D eigenvalue weighted by Gasteiger charge is -2.09. The predicted molar refractivity (Wildman–Crippen MR) is 83.1 cm³/mol. The zero-order chi connectivity index (χ0) is 14.8. The van der Waals surface area contributed by atoms with Crippen LogP contribution in [0.1, 0.15) is 16.2 Å². The minimum atomic E-state index is -0.293. The Morgan fingerprint density at radius 3 is 2.71 bits per heavy atom. The van der Waals surface area contributed by atoms with Crippen LogP contribution in [0.4, 0.5) is 11.5 Å². The van der Waals surface area contributed by atoms with Crippen LogP contribution in [-0.4, -0.2) is 15.9 Å². The molecule has 0 aliphatic carbocycles. The molecule has 1 aromatic carbocycles. The topological polar surface area (TPSA) is 80.9 Å². The SMILES string of the molecule is Cc1cc(NC(=O)c2cccc(N)n2)c2ccccc2n1. The van der Waals surface area contributed by atoms with Crippen molar-refractivity contribution in [3.63, 3.8) is 0 Å². The first-order valence-electron chi connectivity index (χ1n) is 6.54. The van der Waals surface area contributed by atoms with Crippen LogP contribution in [0.15, 0.2) is 48.5 Å². The summed E-state index contributed by atoms with van der Waals surface area (Å²) in [6.45, 7) is 1.89. The van der Waals surface area contributed by atoms with Crippen molar-refractivity contribution in [3.8, 4) is 0 Å². The number of carbonyl (C=O) groups is 1. The van der Waals surface area contributed by atoms with Crippen molar-refractivity contribution in [1.82, 2.24) is 9.97 Å². The second kappa shape index (κ2) is 5.20. The van der Waals surface area contributed by atoms with Gasteiger partial charge in [0.1, 0.15) is 11.5 Å². The summed E-state index contributed by atoms with van der Waals surface area (Å²) >= 11 is 0. The van der Waals surface area contributed by atoms with E-state index in [1.165, 1.54) is 0 Å². The number of benzene rings is 1. The van der Waals surface area contributed by atoms with Crippen LogP contribution < -0.4 is 11.1 Å². The number of rotatable bonds is 2. The molecule has 0 unspecified atom stereocenters. The average Bonchev–Trinajstić information content (AvgIpc) is 2.47. The Kier molecular flexibility index (Phi) is 3.23. The van der Waals surface area contributed by atoms with E-state index in [0.717, 1.165) is 16.6 Å². The van der Waals surface area contributed by atoms with E-state index in [1.54, 1.807) is 18.2 Å². The van der Waals surface area contributed by atoms with Gasteiger partial charge in [-0.2, -0.15) is 0 Å². The number of nitrogens with zero attached hydrogens (tertiary/aromatic N) is 2. The van der Waals surface area contributed by atoms with Crippen molar-refractivity contribution in [2.24, 2.45) is 0 Å². The van der Waals surface area contributed by atoms with Gasteiger partial charge in [-0.1, -0.05) is 24.3 Å². The molecule has 0 radical (unpaired) electrons. The fourth-order valence-electron chi connectivity index (χ4n) is 2.18. The summed E-state index contributed by atoms with van der Waals surface area (Å²) in [7, 11) is 0. The Balaban J connectivity index is 2.00. The van der Waals surface area contributed by atoms with Gasteiger partial charge in [0.05, 0.1) is 11.2 Å². The maximum atomic E-state index is 12.3. The standard InChI is InChI=1S/C16H14N4O/c1-10-9-14(11-5-2-3-6-12(11)18-10)20-16(21)13-7-4-8-15(17)19-13/h2-9H,1H3,(H2,17,19)(H,18,20,21). The quantitative estimate of drug-likeness (QED) is 0.755. The molecule has 0 bridgehead atoms. The molecule has 2 heterocycles. The van der Waals surface area contributed by atoms with Gasteiger partial charge in [-0.3, -0.25) is 9.78 Å². The Hall–Kier alpha value is -2.95. The lowest BCUT2D eigenvalue weighted by molar-refractivity contribution is 0.102. The van der Waals surface area contributed by atoms with Crippen molar-refractivity contribution >= 4 is 28.3 Å². The molecule has 1 amide bonds. The second-order valence-corrected chi connectivity index (χ2v) is 4.73. The first-order chi connectivity index (χ1) is 10.1. The van der Waals surface area contributed by atoms with Gasteiger partial charge < -0.3 is 11.1 Å². The smallest absolute Gasteiger partial charge is 0.274 e. The number of nitrogens with two attached hydrogens (primary N) is 1. The minimum Gasteiger partial charge on any atom is -0.384 e. The summed E-state index contributed by atoms with van der Waals surface area (Å²) in [5, 5.41) is 3.76. The highest BCUT2D eigenvalue weighted by molar-refractivity contribution is 6.07. The van der Waals surface area contributed by atoms with Gasteiger partial charge in [-0.25, -0.2) is 4.98 Å². The number of anilines is 2. The van der Waals surface area contributed by atoms with Gasteiger partial charge in [0.15, 0.2) is 0 Å². The maximum absolute atomic E-state index is 12.3. The van der Waals surface area contributed by atoms with E-state index in [9.17, 15) is 4.79 Å². The molecule has 3 N–H and O–H groups in total. The van der Waals surface area contributed by atoms with Crippen LogP contribution in [0.25, 0.3) is 10.9 Å². The van der Waals surface area contributed by atoms with E-state index in [-0.39, 0.29) is 11.6 Å². The monoisotopic (exact) mass is 278 g/mol. The van der Waals surface area contributed by atoms with E-state index >= 15 is 0 Å². The first kappa shape index (κ1) is 13.1. The highest BCUT2D eigenvalue weighted by atomic mass is 16.1. The molecule has 0 saturated heterocycles. The molecule has 3 rings (SSSR count). The Labute approximate surface area is 121 Å². The molecular formula is C16H14N4O. The third kappa shape index (κ3) is 2.67. The fraction of sp³-hybridized carbons (Fsp3) is 0.0625. The molecule has 0 aliphatic heterocycles. The van der Waals surface area contributed by atoms with Crippen LogP contribution in [-0.2, 0) is 0 Å². The van der Waals surface area contributed by atoms with Crippen molar-refractivity contribution < 1.29 is 4.79 Å². The second-order valence-electron chi connectivity index (χ2n) is 4.73. The molecule has 0 aliphatic rings. The average molecular weight is 278 g/mol. The number of amides is 1. The molecule has 0 atom stereocenters. The number of fused-ring (bicyclic) bond motifs is 1. The fourth-order valence-corrected chi connectivity index (χ4v) is 2.18. The van der Waals surface area contributed by atoms with Crippen LogP contribution in [0.3, 0.4) is 0 Å². The Morgan fingerprint density at radius 1 is 1.10 bits per heavy atom. The molecule has 104 valence electrons. The Bertz CT molecular complexity index is 829. The summed E-state index contributed by atoms with van der Waals surface area (Å²) in [5.41, 5.74) is 8.28. The van der Waals surface area contributed by atoms with Gasteiger partial charge in [-0.05, 0) is 31.2 Å². The van der Waals surface area contributed by atoms with Crippen molar-refractivity contribution in [2.45, 2.75) is 6.92 Å². The Morgan fingerprint density at radius 2 is 1.90 bits per heavy atom. The number of nitrogens with one attached hydrogen (secondary N) is 1. The van der Waals surface area contributed by atoms with Gasteiger partial charge in [0, 0.05) is 11.1 Å². The molecule has 2 aromatic heterocycles. The summed E-state index contributed by atoms with van der Waals surface area (Å²) in [6, 6.07) is 14.5. The van der Waals surface area contributed by atoms with Crippen molar-refractivity contribution in [3.05, 3.63) is 59.9 Å². The minimum absolute atomic E-state index is 0.286. The summed E-state index contributed by atoms with van der Waals surface area (Å²) in [4.78, 5) is 20.7. The van der Waals surface area contributed by atoms with E-state index in [2.05, 4.69) is 15.3 Å². The van der Waals surface area contributed by atoms with Gasteiger partial charge in [0.25, 0.3) is 5.91 Å². The number of hydrogen-bond donors (Lipinski definition) is 2. The van der Waals surface area contributed by atoms with Crippen molar-refractivity contribution in [2.75, 3.05) is 11.1 Å². The molecule has 0 fully saturated rings. The normalized spacial score (nSPS) is 10.5. The zero-order valence-electron chi connectivity index (χ0n) is 11.5. The number of aryl methyl sites for hydroxylation is 1. The number of para-hydroxylation sites is 1. The highest BCUT2D eigenvalue weighted by Crippen LogP contribution is 2.23. The summed E-state index contributed by atoms with van der Waals surface area (Å²) in [5.74, 6) is 0.0245. The number of nitrogen functional groups attached to an aromatic ring is 1.